The second kappa shape index (κ2) is 15.2. The van der Waals surface area contributed by atoms with Gasteiger partial charge in [0.15, 0.2) is 5.82 Å². The van der Waals surface area contributed by atoms with Crippen molar-refractivity contribution < 1.29 is 0 Å². The molecule has 0 atom stereocenters. The summed E-state index contributed by atoms with van der Waals surface area (Å²) < 4.78 is 0. The average Bonchev–Trinajstić information content (AvgIpc) is 3.76. The first kappa shape index (κ1) is 40.1. The highest BCUT2D eigenvalue weighted by atomic mass is 14.9. The third-order valence-corrected chi connectivity index (χ3v) is 15.1. The quantitative estimate of drug-likeness (QED) is 0.166. The third-order valence-electron chi connectivity index (χ3n) is 15.1. The number of aromatic nitrogens is 2. The van der Waals surface area contributed by atoms with Crippen molar-refractivity contribution in [3.63, 3.8) is 0 Å². The van der Waals surface area contributed by atoms with Crippen LogP contribution >= 0.6 is 0 Å². The lowest BCUT2D eigenvalue weighted by atomic mass is 9.80. The van der Waals surface area contributed by atoms with Gasteiger partial charge in [-0.15, -0.1) is 0 Å². The van der Waals surface area contributed by atoms with Gasteiger partial charge in [0.1, 0.15) is 0 Å². The monoisotopic (exact) mass is 868 g/mol. The number of nitrogens with zero attached hydrogens (tertiary/aromatic N) is 2. The van der Waals surface area contributed by atoms with Crippen LogP contribution < -0.4 is 0 Å². The maximum atomic E-state index is 5.40. The van der Waals surface area contributed by atoms with E-state index in [0.717, 1.165) is 39.0 Å². The molecule has 0 spiro atoms. The molecule has 13 rings (SSSR count). The van der Waals surface area contributed by atoms with Gasteiger partial charge in [-0.1, -0.05) is 216 Å². The molecule has 1 aromatic heterocycles. The highest BCUT2D eigenvalue weighted by Gasteiger charge is 2.38. The van der Waals surface area contributed by atoms with Gasteiger partial charge < -0.3 is 0 Å². The van der Waals surface area contributed by atoms with Crippen LogP contribution in [0.15, 0.2) is 218 Å². The van der Waals surface area contributed by atoms with Crippen molar-refractivity contribution in [2.45, 2.75) is 38.5 Å². The van der Waals surface area contributed by atoms with Gasteiger partial charge in [-0.25, -0.2) is 9.97 Å². The molecule has 0 N–H and O–H groups in total. The summed E-state index contributed by atoms with van der Waals surface area (Å²) in [6.07, 6.45) is 0. The molecule has 0 amide bonds. The van der Waals surface area contributed by atoms with Crippen LogP contribution in [0.1, 0.15) is 49.9 Å². The Hall–Kier alpha value is -8.20. The minimum Gasteiger partial charge on any atom is -0.228 e. The van der Waals surface area contributed by atoms with Crippen molar-refractivity contribution in [1.29, 1.82) is 0 Å². The molecule has 0 saturated carbocycles. The van der Waals surface area contributed by atoms with Crippen LogP contribution in [-0.2, 0) is 10.8 Å². The molecular formula is C66H48N2. The zero-order chi connectivity index (χ0) is 45.7. The smallest absolute Gasteiger partial charge is 0.160 e. The minimum atomic E-state index is -0.177. The second-order valence-corrected chi connectivity index (χ2v) is 19.7. The van der Waals surface area contributed by atoms with Gasteiger partial charge in [-0.2, -0.15) is 0 Å². The van der Waals surface area contributed by atoms with Crippen molar-refractivity contribution in [2.24, 2.45) is 0 Å². The van der Waals surface area contributed by atoms with E-state index in [2.05, 4.69) is 240 Å². The Morgan fingerprint density at radius 1 is 0.279 bits per heavy atom. The summed E-state index contributed by atoms with van der Waals surface area (Å²) in [5.41, 5.74) is 22.6. The van der Waals surface area contributed by atoms with E-state index in [1.54, 1.807) is 0 Å². The van der Waals surface area contributed by atoms with Crippen molar-refractivity contribution in [3.8, 4) is 89.5 Å². The Balaban J connectivity index is 0.951. The molecule has 11 aromatic rings. The topological polar surface area (TPSA) is 25.8 Å². The zero-order valence-electron chi connectivity index (χ0n) is 38.7. The highest BCUT2D eigenvalue weighted by molar-refractivity contribution is 6.09. The van der Waals surface area contributed by atoms with Crippen molar-refractivity contribution in [3.05, 3.63) is 241 Å². The lowest BCUT2D eigenvalue weighted by Gasteiger charge is -2.23. The highest BCUT2D eigenvalue weighted by Crippen LogP contribution is 2.55. The summed E-state index contributed by atoms with van der Waals surface area (Å²) in [7, 11) is 0. The Kier molecular flexibility index (Phi) is 8.95. The molecule has 0 radical (unpaired) electrons. The maximum Gasteiger partial charge on any atom is 0.160 e. The number of hydrogen-bond acceptors (Lipinski definition) is 2. The summed E-state index contributed by atoms with van der Waals surface area (Å²) in [4.78, 5) is 10.8. The first-order chi connectivity index (χ1) is 33.2. The Morgan fingerprint density at radius 3 is 1.50 bits per heavy atom. The van der Waals surface area contributed by atoms with Gasteiger partial charge in [0.2, 0.25) is 0 Å². The molecule has 322 valence electrons. The van der Waals surface area contributed by atoms with Crippen LogP contribution in [-0.4, -0.2) is 9.97 Å². The zero-order valence-corrected chi connectivity index (χ0v) is 38.7. The lowest BCUT2D eigenvalue weighted by Crippen LogP contribution is -2.15. The van der Waals surface area contributed by atoms with Gasteiger partial charge in [0, 0.05) is 27.5 Å². The fourth-order valence-electron chi connectivity index (χ4n) is 11.6. The fourth-order valence-corrected chi connectivity index (χ4v) is 11.6. The van der Waals surface area contributed by atoms with Crippen LogP contribution in [0, 0.1) is 0 Å². The molecule has 0 saturated heterocycles. The minimum absolute atomic E-state index is 0.129. The van der Waals surface area contributed by atoms with Crippen LogP contribution in [0.3, 0.4) is 0 Å². The molecule has 2 heteroatoms. The van der Waals surface area contributed by atoms with E-state index >= 15 is 0 Å². The number of hydrogen-bond donors (Lipinski definition) is 0. The molecular weight excluding hydrogens is 821 g/mol. The number of fused-ring (bicyclic) bond motifs is 8. The van der Waals surface area contributed by atoms with Gasteiger partial charge in [0.05, 0.1) is 11.4 Å². The molecule has 0 bridgehead atoms. The summed E-state index contributed by atoms with van der Waals surface area (Å²) in [5.74, 6) is 0.702. The van der Waals surface area contributed by atoms with Crippen LogP contribution in [0.5, 0.6) is 0 Å². The van der Waals surface area contributed by atoms with Gasteiger partial charge in [0.25, 0.3) is 0 Å². The molecule has 2 nitrogen and oxygen atoms in total. The van der Waals surface area contributed by atoms with Crippen LogP contribution in [0.4, 0.5) is 0 Å². The second-order valence-electron chi connectivity index (χ2n) is 19.7. The first-order valence-electron chi connectivity index (χ1n) is 23.8. The Morgan fingerprint density at radius 2 is 0.779 bits per heavy atom. The molecule has 0 aliphatic heterocycles. The Bertz CT molecular complexity index is 3840. The summed E-state index contributed by atoms with van der Waals surface area (Å²) in [6, 6.07) is 80.0. The first-order valence-corrected chi connectivity index (χ1v) is 23.8. The third kappa shape index (κ3) is 6.17. The van der Waals surface area contributed by atoms with Crippen LogP contribution in [0.2, 0.25) is 0 Å². The normalized spacial score (nSPS) is 13.8. The van der Waals surface area contributed by atoms with Crippen LogP contribution in [0.25, 0.3) is 111 Å². The predicted octanol–water partition coefficient (Wildman–Crippen LogP) is 17.4. The Labute approximate surface area is 398 Å². The van der Waals surface area contributed by atoms with Crippen molar-refractivity contribution in [2.75, 3.05) is 0 Å². The average molecular weight is 869 g/mol. The number of benzene rings is 10. The molecule has 0 fully saturated rings. The summed E-state index contributed by atoms with van der Waals surface area (Å²) in [5, 5.41) is 4.91. The fraction of sp³-hybridized carbons (Fsp3) is 0.0909. The van der Waals surface area contributed by atoms with Crippen molar-refractivity contribution >= 4 is 21.5 Å². The van der Waals surface area contributed by atoms with E-state index in [-0.39, 0.29) is 10.8 Å². The predicted molar refractivity (Wildman–Crippen MR) is 285 cm³/mol. The van der Waals surface area contributed by atoms with Gasteiger partial charge in [-0.05, 0) is 130 Å². The lowest BCUT2D eigenvalue weighted by molar-refractivity contribution is 0.661. The van der Waals surface area contributed by atoms with Crippen molar-refractivity contribution in [1.82, 2.24) is 9.97 Å². The SMILES string of the molecule is CC1(C)c2cc(-c3ccccc3)ccc2-c2ccc(-c3ccccc3-c3cc(-c4ccc(-c5cccc6c5-c5cc7ccccc7cc5C6(C)C)c5ccccc45)nc(-c4ccccc4)n3)cc21. The van der Waals surface area contributed by atoms with E-state index in [1.165, 1.54) is 88.5 Å². The van der Waals surface area contributed by atoms with Gasteiger partial charge >= 0.3 is 0 Å². The molecule has 0 unspecified atom stereocenters. The van der Waals surface area contributed by atoms with E-state index in [4.69, 9.17) is 9.97 Å². The van der Waals surface area contributed by atoms with E-state index in [1.807, 2.05) is 6.07 Å². The molecule has 1 heterocycles. The van der Waals surface area contributed by atoms with E-state index in [9.17, 15) is 0 Å². The molecule has 2 aliphatic rings. The molecule has 2 aliphatic carbocycles. The van der Waals surface area contributed by atoms with E-state index in [0.29, 0.717) is 5.82 Å². The van der Waals surface area contributed by atoms with Gasteiger partial charge in [-0.3, -0.25) is 0 Å². The maximum absolute atomic E-state index is 5.40. The molecule has 10 aromatic carbocycles. The number of rotatable bonds is 6. The standard InChI is InChI=1S/C66H48N2/c1-65(2)57-29-17-28-55(63(57)56-36-43-22-11-12-23-44(43)37-60(56)65)50-34-35-54(49-26-15-14-25-48(49)50)62-40-61(67-64(68-62)42-20-9-6-10-21-42)53-27-16-13-24-47(53)46-31-33-52-51-32-30-45(41-18-7-5-8-19-41)38-58(51)66(3,4)59(52)39-46/h5-40H,1-4H3. The van der Waals surface area contributed by atoms with E-state index < -0.39 is 0 Å². The largest absolute Gasteiger partial charge is 0.228 e. The summed E-state index contributed by atoms with van der Waals surface area (Å²) >= 11 is 0. The summed E-state index contributed by atoms with van der Waals surface area (Å²) in [6.45, 7) is 9.48. The molecule has 68 heavy (non-hydrogen) atoms.